The minimum absolute atomic E-state index is 0.0278. The molecule has 18 heavy (non-hydrogen) atoms. The van der Waals surface area contributed by atoms with Crippen LogP contribution >= 0.6 is 0 Å². The molecule has 0 aromatic carbocycles. The zero-order valence-corrected chi connectivity index (χ0v) is 11.2. The van der Waals surface area contributed by atoms with E-state index in [1.165, 1.54) is 12.8 Å². The van der Waals surface area contributed by atoms with E-state index in [4.69, 9.17) is 4.74 Å². The van der Waals surface area contributed by atoms with Crippen molar-refractivity contribution in [2.75, 3.05) is 6.61 Å². The van der Waals surface area contributed by atoms with Gasteiger partial charge >= 0.3 is 5.97 Å². The molecule has 0 spiro atoms. The summed E-state index contributed by atoms with van der Waals surface area (Å²) >= 11 is 0. The van der Waals surface area contributed by atoms with Gasteiger partial charge in [-0.3, -0.25) is 9.59 Å². The molecule has 100 valence electrons. The number of ether oxygens (including phenoxy) is 1. The fraction of sp³-hybridized carbons (Fsp3) is 0.867. The summed E-state index contributed by atoms with van der Waals surface area (Å²) < 4.78 is 5.19. The average molecular weight is 250 g/mol. The van der Waals surface area contributed by atoms with Gasteiger partial charge in [-0.1, -0.05) is 12.8 Å². The third kappa shape index (κ3) is 1.55. The predicted molar refractivity (Wildman–Crippen MR) is 66.9 cm³/mol. The highest BCUT2D eigenvalue weighted by molar-refractivity contribution is 5.84. The largest absolute Gasteiger partial charge is 0.466 e. The number of rotatable bonds is 2. The number of esters is 1. The Morgan fingerprint density at radius 3 is 2.28 bits per heavy atom. The molecule has 1 unspecified atom stereocenters. The lowest BCUT2D eigenvalue weighted by Gasteiger charge is -2.44. The van der Waals surface area contributed by atoms with Crippen LogP contribution in [0.1, 0.15) is 58.3 Å². The monoisotopic (exact) mass is 250 g/mol. The molecular weight excluding hydrogens is 228 g/mol. The number of carbonyl (C=O) groups is 2. The number of ketones is 1. The highest BCUT2D eigenvalue weighted by Crippen LogP contribution is 2.69. The molecule has 3 atom stereocenters. The number of hydrogen-bond donors (Lipinski definition) is 0. The molecule has 3 aliphatic rings. The highest BCUT2D eigenvalue weighted by Gasteiger charge is 2.64. The van der Waals surface area contributed by atoms with Crippen LogP contribution in [-0.2, 0) is 14.3 Å². The summed E-state index contributed by atoms with van der Waals surface area (Å²) in [4.78, 5) is 23.9. The molecule has 0 saturated heterocycles. The molecular formula is C15H22O3. The smallest absolute Gasteiger partial charge is 0.308 e. The summed E-state index contributed by atoms with van der Waals surface area (Å²) in [7, 11) is 0. The first-order valence-electron chi connectivity index (χ1n) is 7.29. The van der Waals surface area contributed by atoms with Gasteiger partial charge in [0.2, 0.25) is 0 Å². The Labute approximate surface area is 108 Å². The summed E-state index contributed by atoms with van der Waals surface area (Å²) in [6.07, 6.45) is 8.00. The third-order valence-electron chi connectivity index (χ3n) is 5.65. The van der Waals surface area contributed by atoms with Gasteiger partial charge in [0.05, 0.1) is 12.5 Å². The van der Waals surface area contributed by atoms with Crippen LogP contribution in [0.25, 0.3) is 0 Å². The zero-order chi connectivity index (χ0) is 12.8. The fourth-order valence-corrected chi connectivity index (χ4v) is 5.05. The molecule has 0 aromatic heterocycles. The van der Waals surface area contributed by atoms with E-state index in [-0.39, 0.29) is 22.7 Å². The van der Waals surface area contributed by atoms with Crippen LogP contribution in [0.5, 0.6) is 0 Å². The van der Waals surface area contributed by atoms with Crippen molar-refractivity contribution in [3.63, 3.8) is 0 Å². The summed E-state index contributed by atoms with van der Waals surface area (Å²) in [5.74, 6) is 0.454. The first kappa shape index (κ1) is 12.2. The van der Waals surface area contributed by atoms with E-state index in [0.29, 0.717) is 12.4 Å². The first-order chi connectivity index (χ1) is 8.61. The summed E-state index contributed by atoms with van der Waals surface area (Å²) in [6, 6.07) is 0. The van der Waals surface area contributed by atoms with E-state index >= 15 is 0 Å². The van der Waals surface area contributed by atoms with Crippen LogP contribution in [-0.4, -0.2) is 18.4 Å². The van der Waals surface area contributed by atoms with E-state index in [9.17, 15) is 9.59 Å². The molecule has 3 aliphatic carbocycles. The molecule has 0 aromatic rings. The first-order valence-corrected chi connectivity index (χ1v) is 7.29. The molecule has 0 bridgehead atoms. The Kier molecular flexibility index (Phi) is 2.76. The van der Waals surface area contributed by atoms with Gasteiger partial charge in [0.25, 0.3) is 0 Å². The summed E-state index contributed by atoms with van der Waals surface area (Å²) in [6.45, 7) is 2.33. The molecule has 3 rings (SSSR count). The lowest BCUT2D eigenvalue weighted by atomic mass is 9.60. The average Bonchev–Trinajstić information content (AvgIpc) is 2.77. The molecule has 0 heterocycles. The van der Waals surface area contributed by atoms with Crippen molar-refractivity contribution < 1.29 is 14.3 Å². The van der Waals surface area contributed by atoms with E-state index in [0.717, 1.165) is 38.5 Å². The van der Waals surface area contributed by atoms with Gasteiger partial charge < -0.3 is 4.74 Å². The van der Waals surface area contributed by atoms with Gasteiger partial charge in [0.1, 0.15) is 5.78 Å². The topological polar surface area (TPSA) is 43.4 Å². The van der Waals surface area contributed by atoms with Gasteiger partial charge in [0.15, 0.2) is 0 Å². The van der Waals surface area contributed by atoms with Crippen LogP contribution in [0.3, 0.4) is 0 Å². The van der Waals surface area contributed by atoms with Crippen LogP contribution in [0.15, 0.2) is 0 Å². The fourth-order valence-electron chi connectivity index (χ4n) is 5.05. The van der Waals surface area contributed by atoms with Crippen molar-refractivity contribution in [1.29, 1.82) is 0 Å². The normalized spacial score (nSPS) is 42.5. The zero-order valence-electron chi connectivity index (χ0n) is 11.2. The Hall–Kier alpha value is -0.860. The minimum Gasteiger partial charge on any atom is -0.466 e. The van der Waals surface area contributed by atoms with Gasteiger partial charge in [-0.05, 0) is 43.4 Å². The maximum atomic E-state index is 12.0. The lowest BCUT2D eigenvalue weighted by molar-refractivity contribution is -0.148. The van der Waals surface area contributed by atoms with Crippen LogP contribution in [0, 0.1) is 16.7 Å². The van der Waals surface area contributed by atoms with E-state index in [1.54, 1.807) is 0 Å². The van der Waals surface area contributed by atoms with Crippen molar-refractivity contribution in [1.82, 2.24) is 0 Å². The minimum atomic E-state index is -0.0278. The van der Waals surface area contributed by atoms with E-state index in [2.05, 4.69) is 0 Å². The van der Waals surface area contributed by atoms with Gasteiger partial charge in [-0.2, -0.15) is 0 Å². The molecule has 3 saturated carbocycles. The van der Waals surface area contributed by atoms with Gasteiger partial charge in [-0.25, -0.2) is 0 Å². The predicted octanol–water partition coefficient (Wildman–Crippen LogP) is 2.87. The molecule has 3 nitrogen and oxygen atoms in total. The standard InChI is InChI=1S/C15H22O3/c1-2-18-13(17)11-7-14-5-3-4-6-15(14,8-11)10-12(16)9-14/h11H,2-10H2,1H3/t11?,14-,15+. The summed E-state index contributed by atoms with van der Waals surface area (Å²) in [5.41, 5.74) is 0.305. The van der Waals surface area contributed by atoms with Crippen LogP contribution in [0.4, 0.5) is 0 Å². The third-order valence-corrected chi connectivity index (χ3v) is 5.65. The second-order valence-corrected chi connectivity index (χ2v) is 6.52. The Balaban J connectivity index is 1.86. The molecule has 3 fully saturated rings. The summed E-state index contributed by atoms with van der Waals surface area (Å²) in [5, 5.41) is 0. The number of carbonyl (C=O) groups excluding carboxylic acids is 2. The number of hydrogen-bond acceptors (Lipinski definition) is 3. The van der Waals surface area contributed by atoms with Crippen molar-refractivity contribution in [2.45, 2.75) is 58.3 Å². The van der Waals surface area contributed by atoms with E-state index < -0.39 is 0 Å². The molecule has 0 amide bonds. The second kappa shape index (κ2) is 4.07. The van der Waals surface area contributed by atoms with Crippen molar-refractivity contribution in [3.8, 4) is 0 Å². The molecule has 3 heteroatoms. The quantitative estimate of drug-likeness (QED) is 0.708. The maximum absolute atomic E-state index is 12.0. The van der Waals surface area contributed by atoms with Gasteiger partial charge in [-0.15, -0.1) is 0 Å². The van der Waals surface area contributed by atoms with Crippen molar-refractivity contribution in [2.24, 2.45) is 16.7 Å². The van der Waals surface area contributed by atoms with Crippen molar-refractivity contribution in [3.05, 3.63) is 0 Å². The maximum Gasteiger partial charge on any atom is 0.308 e. The Morgan fingerprint density at radius 1 is 1.22 bits per heavy atom. The molecule has 0 N–H and O–H groups in total. The SMILES string of the molecule is CCOC(=O)C1C[C@@]23CCCC[C@@]2(CC(=O)C3)C1. The second-order valence-electron chi connectivity index (χ2n) is 6.52. The highest BCUT2D eigenvalue weighted by atomic mass is 16.5. The Morgan fingerprint density at radius 2 is 1.78 bits per heavy atom. The van der Waals surface area contributed by atoms with Crippen LogP contribution in [0.2, 0.25) is 0 Å². The molecule has 0 aliphatic heterocycles. The van der Waals surface area contributed by atoms with Gasteiger partial charge in [0, 0.05) is 12.8 Å². The molecule has 0 radical (unpaired) electrons. The van der Waals surface area contributed by atoms with Crippen molar-refractivity contribution >= 4 is 11.8 Å². The van der Waals surface area contributed by atoms with Crippen LogP contribution < -0.4 is 0 Å². The van der Waals surface area contributed by atoms with E-state index in [1.807, 2.05) is 6.92 Å². The number of Topliss-reactive ketones (excluding diaryl/α,β-unsaturated/α-hetero) is 1. The lowest BCUT2D eigenvalue weighted by Crippen LogP contribution is -2.35. The Bertz CT molecular complexity index is 363.